The van der Waals surface area contributed by atoms with Gasteiger partial charge in [0.25, 0.3) is 0 Å². The zero-order valence-corrected chi connectivity index (χ0v) is 8.78. The Morgan fingerprint density at radius 3 is 1.25 bits per heavy atom. The third kappa shape index (κ3) is 9.49. The van der Waals surface area contributed by atoms with E-state index < -0.39 is 0 Å². The molecule has 0 heterocycles. The van der Waals surface area contributed by atoms with E-state index in [0.29, 0.717) is 0 Å². The summed E-state index contributed by atoms with van der Waals surface area (Å²) in [6.07, 6.45) is 0. The molecule has 0 bridgehead atoms. The summed E-state index contributed by atoms with van der Waals surface area (Å²) in [6, 6.07) is 0. The van der Waals surface area contributed by atoms with Crippen molar-refractivity contribution in [2.24, 2.45) is 0 Å². The molecule has 6 radical (unpaired) electrons. The Bertz CT molecular complexity index is 8.00. The van der Waals surface area contributed by atoms with Crippen molar-refractivity contribution in [3.8, 4) is 0 Å². The molecule has 0 aliphatic heterocycles. The topological polar surface area (TPSA) is 17.1 Å². The Morgan fingerprint density at radius 1 is 1.25 bits per heavy atom. The van der Waals surface area contributed by atoms with Crippen molar-refractivity contribution < 1.29 is 4.57 Å². The molecule has 0 spiro atoms. The van der Waals surface area contributed by atoms with Gasteiger partial charge in [0.15, 0.2) is 0 Å². The van der Waals surface area contributed by atoms with Gasteiger partial charge in [-0.3, -0.25) is 4.57 Å². The molecule has 0 fully saturated rings. The predicted molar refractivity (Wildman–Crippen MR) is 20.5 cm³/mol. The summed E-state index contributed by atoms with van der Waals surface area (Å²) in [7, 11) is 1.72. The van der Waals surface area contributed by atoms with Crippen LogP contribution in [-0.2, 0) is 4.57 Å². The van der Waals surface area contributed by atoms with Crippen LogP contribution in [-0.4, -0.2) is 45.6 Å². The number of hydrogen-bond acceptors (Lipinski definition) is 1. The van der Waals surface area contributed by atoms with Crippen LogP contribution in [0.3, 0.4) is 0 Å². The van der Waals surface area contributed by atoms with Crippen molar-refractivity contribution >= 4 is 54.8 Å². The number of rotatable bonds is 0. The molecule has 0 aromatic carbocycles. The maximum absolute atomic E-state index is 8.06. The Hall–Kier alpha value is 1.61. The second-order valence-electron chi connectivity index (χ2n) is 0. The molecule has 0 aromatic heterocycles. The molecule has 4 heteroatoms. The molecule has 0 N–H and O–H groups in total. The fourth-order valence-corrected chi connectivity index (χ4v) is 0. The molecule has 0 aliphatic rings. The summed E-state index contributed by atoms with van der Waals surface area (Å²) in [5.74, 6) is 0. The van der Waals surface area contributed by atoms with Gasteiger partial charge in [-0.1, -0.05) is 0 Å². The van der Waals surface area contributed by atoms with Crippen molar-refractivity contribution in [1.29, 1.82) is 0 Å². The summed E-state index contributed by atoms with van der Waals surface area (Å²) in [5, 5.41) is 0. The van der Waals surface area contributed by atoms with Crippen molar-refractivity contribution in [1.82, 2.24) is 0 Å². The Labute approximate surface area is 59.0 Å². The van der Waals surface area contributed by atoms with Gasteiger partial charge >= 0.3 is 0 Å². The van der Waals surface area contributed by atoms with Crippen molar-refractivity contribution in [2.45, 2.75) is 0 Å². The standard InChI is InChI=1S/Ga.In.HOP/c;;1-2/h;;2H. The average molecular weight is 233 g/mol. The van der Waals surface area contributed by atoms with E-state index in [4.69, 9.17) is 4.57 Å². The quantitative estimate of drug-likeness (QED) is 0.415. The molecule has 0 aromatic rings. The Morgan fingerprint density at radius 2 is 1.25 bits per heavy atom. The smallest absolute Gasteiger partial charge is 0.138 e. The van der Waals surface area contributed by atoms with Gasteiger partial charge in [-0.2, -0.15) is 0 Å². The first-order chi connectivity index (χ1) is 1.00. The summed E-state index contributed by atoms with van der Waals surface area (Å²) in [4.78, 5) is 0. The molecule has 0 amide bonds. The molecule has 18 valence electrons. The van der Waals surface area contributed by atoms with Gasteiger partial charge in [-0.15, -0.1) is 0 Å². The van der Waals surface area contributed by atoms with Crippen LogP contribution in [0.15, 0.2) is 0 Å². The van der Waals surface area contributed by atoms with E-state index in [1.807, 2.05) is 0 Å². The Kier molecular flexibility index (Phi) is 102. The van der Waals surface area contributed by atoms with Gasteiger partial charge in [0.2, 0.25) is 0 Å². The van der Waals surface area contributed by atoms with Crippen molar-refractivity contribution in [2.75, 3.05) is 0 Å². The molecule has 0 saturated carbocycles. The molecule has 1 nitrogen and oxygen atoms in total. The van der Waals surface area contributed by atoms with Gasteiger partial charge in [-0.05, 0) is 0 Å². The molecular formula is HGaInOP. The van der Waals surface area contributed by atoms with Crippen molar-refractivity contribution in [3.05, 3.63) is 0 Å². The first-order valence-electron chi connectivity index (χ1n) is 0.204. The van der Waals surface area contributed by atoms with Crippen LogP contribution in [0.1, 0.15) is 0 Å². The predicted octanol–water partition coefficient (Wildman–Crippen LogP) is -0.287. The van der Waals surface area contributed by atoms with Crippen LogP contribution in [0, 0.1) is 0 Å². The molecule has 0 saturated heterocycles. The van der Waals surface area contributed by atoms with E-state index in [1.54, 1.807) is 9.12 Å². The zero-order valence-electron chi connectivity index (χ0n) is 2.06. The average Bonchev–Trinajstić information content (AvgIpc) is 1.00. The van der Waals surface area contributed by atoms with Crippen LogP contribution >= 0.6 is 9.12 Å². The zero-order chi connectivity index (χ0) is 2.00. The summed E-state index contributed by atoms with van der Waals surface area (Å²) in [6.45, 7) is 0. The molecular weight excluding hydrogens is 232 g/mol. The summed E-state index contributed by atoms with van der Waals surface area (Å²) in [5.41, 5.74) is 0. The van der Waals surface area contributed by atoms with Gasteiger partial charge in [0.05, 0.1) is 0 Å². The van der Waals surface area contributed by atoms with Crippen LogP contribution in [0.2, 0.25) is 0 Å². The molecule has 0 aliphatic carbocycles. The van der Waals surface area contributed by atoms with E-state index in [-0.39, 0.29) is 45.6 Å². The maximum Gasteiger partial charge on any atom is 0.138 e. The van der Waals surface area contributed by atoms with E-state index in [9.17, 15) is 0 Å². The van der Waals surface area contributed by atoms with Gasteiger partial charge < -0.3 is 0 Å². The molecule has 0 rings (SSSR count). The SMILES string of the molecule is O=P.[Ga].[In]. The number of hydrogen-bond donors (Lipinski definition) is 0. The molecule has 4 heavy (non-hydrogen) atoms. The second-order valence-corrected chi connectivity index (χ2v) is 0. The van der Waals surface area contributed by atoms with Gasteiger partial charge in [-0.25, -0.2) is 0 Å². The van der Waals surface area contributed by atoms with E-state index >= 15 is 0 Å². The third-order valence-corrected chi connectivity index (χ3v) is 0. The third-order valence-electron chi connectivity index (χ3n) is 0. The van der Waals surface area contributed by atoms with Gasteiger partial charge in [0, 0.05) is 45.6 Å². The maximum atomic E-state index is 8.06. The second kappa shape index (κ2) is 23.2. The normalized spacial score (nSPS) is 1.00. The minimum absolute atomic E-state index is 0. The Balaban J connectivity index is -0.00000000500. The van der Waals surface area contributed by atoms with E-state index in [2.05, 4.69) is 0 Å². The minimum atomic E-state index is 0. The molecule has 0 unspecified atom stereocenters. The van der Waals surface area contributed by atoms with E-state index in [1.165, 1.54) is 0 Å². The molecule has 0 atom stereocenters. The summed E-state index contributed by atoms with van der Waals surface area (Å²) >= 11 is 0. The fraction of sp³-hybridized carbons (Fsp3) is 0. The monoisotopic (exact) mass is 232 g/mol. The minimum Gasteiger partial charge on any atom is -0.279 e. The van der Waals surface area contributed by atoms with Crippen LogP contribution in [0.5, 0.6) is 0 Å². The van der Waals surface area contributed by atoms with Crippen molar-refractivity contribution in [3.63, 3.8) is 0 Å². The first kappa shape index (κ1) is 17.5. The largest absolute Gasteiger partial charge is 0.279 e. The first-order valence-corrected chi connectivity index (χ1v) is 0.612. The van der Waals surface area contributed by atoms with Gasteiger partial charge in [0.1, 0.15) is 9.12 Å². The van der Waals surface area contributed by atoms with E-state index in [0.717, 1.165) is 0 Å². The van der Waals surface area contributed by atoms with Crippen LogP contribution in [0.4, 0.5) is 0 Å². The fourth-order valence-electron chi connectivity index (χ4n) is 0. The van der Waals surface area contributed by atoms with Crippen LogP contribution in [0.25, 0.3) is 0 Å². The summed E-state index contributed by atoms with van der Waals surface area (Å²) < 4.78 is 8.06. The van der Waals surface area contributed by atoms with Crippen LogP contribution < -0.4 is 0 Å².